The van der Waals surface area contributed by atoms with Gasteiger partial charge in [0.15, 0.2) is 0 Å². The lowest BCUT2D eigenvalue weighted by molar-refractivity contribution is 0.483. The van der Waals surface area contributed by atoms with Gasteiger partial charge >= 0.3 is 0 Å². The first-order valence-corrected chi connectivity index (χ1v) is 2.31. The fourth-order valence-electron chi connectivity index (χ4n) is 0.434. The van der Waals surface area contributed by atoms with Crippen molar-refractivity contribution in [2.24, 2.45) is 0 Å². The zero-order valence-electron chi connectivity index (χ0n) is 4.26. The lowest BCUT2D eigenvalue weighted by atomic mass is 10.3. The van der Waals surface area contributed by atoms with Crippen molar-refractivity contribution in [3.63, 3.8) is 0 Å². The van der Waals surface area contributed by atoms with Crippen LogP contribution in [0.5, 0.6) is 0 Å². The van der Waals surface area contributed by atoms with Gasteiger partial charge in [-0.1, -0.05) is 6.07 Å². The molecular formula is C6H5FN. The molecule has 1 radical (unpaired) electrons. The summed E-state index contributed by atoms with van der Waals surface area (Å²) >= 11 is 0. The molecule has 1 nitrogen and oxygen atoms in total. The minimum Gasteiger partial charge on any atom is -0.254 e. The van der Waals surface area contributed by atoms with Crippen LogP contribution in [0.3, 0.4) is 0 Å². The van der Waals surface area contributed by atoms with E-state index in [9.17, 15) is 4.39 Å². The molecule has 8 heavy (non-hydrogen) atoms. The first kappa shape index (κ1) is 5.22. The van der Waals surface area contributed by atoms with Gasteiger partial charge in [0.2, 0.25) is 0 Å². The highest BCUT2D eigenvalue weighted by atomic mass is 19.1. The molecule has 0 saturated carbocycles. The van der Waals surface area contributed by atoms with Gasteiger partial charge in [0.05, 0.1) is 6.20 Å². The van der Waals surface area contributed by atoms with Crippen molar-refractivity contribution in [2.75, 3.05) is 0 Å². The third-order valence-electron chi connectivity index (χ3n) is 0.810. The van der Waals surface area contributed by atoms with E-state index >= 15 is 0 Å². The highest BCUT2D eigenvalue weighted by Crippen LogP contribution is 1.94. The third-order valence-corrected chi connectivity index (χ3v) is 0.810. The highest BCUT2D eigenvalue weighted by Gasteiger charge is 1.85. The Labute approximate surface area is 47.2 Å². The molecule has 0 saturated heterocycles. The molecule has 0 N–H and O–H groups in total. The normalized spacial score (nSPS) is 9.12. The average molecular weight is 110 g/mol. The number of rotatable bonds is 1. The molecule has 0 aromatic carbocycles. The third kappa shape index (κ3) is 1.03. The van der Waals surface area contributed by atoms with E-state index in [1.165, 1.54) is 0 Å². The molecule has 1 aromatic heterocycles. The summed E-state index contributed by atoms with van der Waals surface area (Å²) in [6, 6.07) is 3.33. The van der Waals surface area contributed by atoms with Crippen LogP contribution < -0.4 is 0 Å². The molecule has 0 bridgehead atoms. The van der Waals surface area contributed by atoms with Crippen molar-refractivity contribution in [3.8, 4) is 0 Å². The minimum atomic E-state index is -0.478. The molecule has 0 aliphatic carbocycles. The topological polar surface area (TPSA) is 12.9 Å². The second-order valence-electron chi connectivity index (χ2n) is 1.41. The standard InChI is InChI=1S/C6H5FN/c7-4-6-2-1-3-8-5-6/h1-3H,4H2. The summed E-state index contributed by atoms with van der Waals surface area (Å²) < 4.78 is 11.7. The number of pyridine rings is 1. The first-order valence-electron chi connectivity index (χ1n) is 2.31. The number of nitrogens with zero attached hydrogens (tertiary/aromatic N) is 1. The molecule has 1 rings (SSSR count). The van der Waals surface area contributed by atoms with Crippen LogP contribution in [0.2, 0.25) is 0 Å². The monoisotopic (exact) mass is 110 g/mol. The fraction of sp³-hybridized carbons (Fsp3) is 0.167. The van der Waals surface area contributed by atoms with Crippen LogP contribution in [0.1, 0.15) is 5.56 Å². The lowest BCUT2D eigenvalue weighted by Crippen LogP contribution is -1.77. The first-order chi connectivity index (χ1) is 3.93. The van der Waals surface area contributed by atoms with E-state index in [-0.39, 0.29) is 0 Å². The molecule has 1 aromatic rings. The summed E-state index contributed by atoms with van der Waals surface area (Å²) in [6.45, 7) is -0.478. The number of hydrogen-bond donors (Lipinski definition) is 0. The molecular weight excluding hydrogens is 105 g/mol. The van der Waals surface area contributed by atoms with Crippen molar-refractivity contribution in [1.82, 2.24) is 4.98 Å². The van der Waals surface area contributed by atoms with Gasteiger partial charge < -0.3 is 0 Å². The Bertz CT molecular complexity index is 150. The van der Waals surface area contributed by atoms with Gasteiger partial charge in [-0.15, -0.1) is 0 Å². The van der Waals surface area contributed by atoms with Crippen LogP contribution in [0.15, 0.2) is 18.3 Å². The summed E-state index contributed by atoms with van der Waals surface area (Å²) in [6.07, 6.45) is 4.06. The van der Waals surface area contributed by atoms with Crippen molar-refractivity contribution >= 4 is 0 Å². The zero-order valence-corrected chi connectivity index (χ0v) is 4.26. The molecule has 0 spiro atoms. The van der Waals surface area contributed by atoms with E-state index in [0.29, 0.717) is 5.56 Å². The Kier molecular flexibility index (Phi) is 1.57. The Morgan fingerprint density at radius 2 is 2.62 bits per heavy atom. The van der Waals surface area contributed by atoms with Gasteiger partial charge in [-0.2, -0.15) is 0 Å². The van der Waals surface area contributed by atoms with Crippen LogP contribution in [0.25, 0.3) is 0 Å². The molecule has 2 heteroatoms. The Morgan fingerprint density at radius 3 is 3.00 bits per heavy atom. The molecule has 0 unspecified atom stereocenters. The van der Waals surface area contributed by atoms with E-state index in [2.05, 4.69) is 11.2 Å². The molecule has 0 aliphatic rings. The Hall–Kier alpha value is -0.920. The number of alkyl halides is 1. The minimum absolute atomic E-state index is 0.478. The second kappa shape index (κ2) is 2.40. The molecule has 41 valence electrons. The maximum atomic E-state index is 11.7. The maximum absolute atomic E-state index is 11.7. The predicted molar refractivity (Wildman–Crippen MR) is 27.9 cm³/mol. The second-order valence-corrected chi connectivity index (χ2v) is 1.41. The van der Waals surface area contributed by atoms with E-state index in [4.69, 9.17) is 0 Å². The number of halogens is 1. The van der Waals surface area contributed by atoms with Gasteiger partial charge in [-0.3, -0.25) is 4.98 Å². The summed E-state index contributed by atoms with van der Waals surface area (Å²) in [5, 5.41) is 0. The van der Waals surface area contributed by atoms with Crippen LogP contribution in [-0.2, 0) is 6.67 Å². The van der Waals surface area contributed by atoms with Crippen LogP contribution in [0, 0.1) is 6.20 Å². The highest BCUT2D eigenvalue weighted by molar-refractivity contribution is 5.04. The van der Waals surface area contributed by atoms with Crippen molar-refractivity contribution < 1.29 is 4.39 Å². The van der Waals surface area contributed by atoms with Crippen molar-refractivity contribution in [3.05, 3.63) is 30.1 Å². The van der Waals surface area contributed by atoms with E-state index < -0.39 is 6.67 Å². The molecule has 0 aliphatic heterocycles. The SMILES string of the molecule is FCc1[c]nccc1. The smallest absolute Gasteiger partial charge is 0.117 e. The summed E-state index contributed by atoms with van der Waals surface area (Å²) in [7, 11) is 0. The molecule has 0 amide bonds. The van der Waals surface area contributed by atoms with Gasteiger partial charge in [-0.05, 0) is 6.07 Å². The lowest BCUT2D eigenvalue weighted by Gasteiger charge is -1.85. The van der Waals surface area contributed by atoms with Crippen LogP contribution >= 0.6 is 0 Å². The van der Waals surface area contributed by atoms with Gasteiger partial charge in [0, 0.05) is 11.8 Å². The molecule has 0 atom stereocenters. The molecule has 1 heterocycles. The predicted octanol–water partition coefficient (Wildman–Crippen LogP) is 1.35. The summed E-state index contributed by atoms with van der Waals surface area (Å²) in [5.41, 5.74) is 0.507. The number of hydrogen-bond acceptors (Lipinski definition) is 1. The summed E-state index contributed by atoms with van der Waals surface area (Å²) in [4.78, 5) is 3.59. The van der Waals surface area contributed by atoms with Gasteiger partial charge in [0.1, 0.15) is 6.67 Å². The average Bonchev–Trinajstić information content (AvgIpc) is 1.90. The quantitative estimate of drug-likeness (QED) is 0.531. The van der Waals surface area contributed by atoms with Crippen molar-refractivity contribution in [1.29, 1.82) is 0 Å². The van der Waals surface area contributed by atoms with E-state index in [0.717, 1.165) is 0 Å². The Balaban J connectivity index is 2.83. The zero-order chi connectivity index (χ0) is 5.82. The van der Waals surface area contributed by atoms with Crippen molar-refractivity contribution in [2.45, 2.75) is 6.67 Å². The Morgan fingerprint density at radius 1 is 1.75 bits per heavy atom. The van der Waals surface area contributed by atoms with E-state index in [1.807, 2.05) is 0 Å². The van der Waals surface area contributed by atoms with Gasteiger partial charge in [-0.25, -0.2) is 4.39 Å². The fourth-order valence-corrected chi connectivity index (χ4v) is 0.434. The maximum Gasteiger partial charge on any atom is 0.117 e. The van der Waals surface area contributed by atoms with Crippen LogP contribution in [-0.4, -0.2) is 4.98 Å². The van der Waals surface area contributed by atoms with Gasteiger partial charge in [0.25, 0.3) is 0 Å². The largest absolute Gasteiger partial charge is 0.254 e. The number of aromatic nitrogens is 1. The van der Waals surface area contributed by atoms with E-state index in [1.54, 1.807) is 18.3 Å². The summed E-state index contributed by atoms with van der Waals surface area (Å²) in [5.74, 6) is 0. The van der Waals surface area contributed by atoms with Crippen LogP contribution in [0.4, 0.5) is 4.39 Å². The molecule has 0 fully saturated rings.